The minimum Gasteiger partial charge on any atom is -0.507 e. The van der Waals surface area contributed by atoms with Crippen LogP contribution in [0.25, 0.3) is 0 Å². The molecule has 0 radical (unpaired) electrons. The van der Waals surface area contributed by atoms with Crippen LogP contribution in [0.1, 0.15) is 62.2 Å². The second-order valence-electron chi connectivity index (χ2n) is 7.14. The topological polar surface area (TPSA) is 69.6 Å². The quantitative estimate of drug-likeness (QED) is 0.545. The monoisotopic (exact) mass is 370 g/mol. The lowest BCUT2D eigenvalue weighted by Crippen LogP contribution is -2.54. The van der Waals surface area contributed by atoms with Gasteiger partial charge < -0.3 is 15.3 Å². The number of aromatic hydroxyl groups is 1. The molecule has 0 spiro atoms. The number of terminal acetylenes is 1. The Hall–Kier alpha value is -2.48. The van der Waals surface area contributed by atoms with Gasteiger partial charge >= 0.3 is 0 Å². The van der Waals surface area contributed by atoms with E-state index in [2.05, 4.69) is 18.2 Å². The number of nitrogens with one attached hydrogen (secondary N) is 1. The molecule has 1 aliphatic carbocycles. The lowest BCUT2D eigenvalue weighted by atomic mass is 9.82. The Morgan fingerprint density at radius 2 is 2.00 bits per heavy atom. The molecule has 2 N–H and O–H groups in total. The second kappa shape index (κ2) is 10.6. The van der Waals surface area contributed by atoms with E-state index in [4.69, 9.17) is 6.42 Å². The summed E-state index contributed by atoms with van der Waals surface area (Å²) in [7, 11) is 0. The van der Waals surface area contributed by atoms with Crippen LogP contribution in [0.2, 0.25) is 0 Å². The van der Waals surface area contributed by atoms with Crippen LogP contribution < -0.4 is 5.32 Å². The van der Waals surface area contributed by atoms with Gasteiger partial charge in [0.1, 0.15) is 11.8 Å². The molecule has 0 saturated heterocycles. The molecule has 0 bridgehead atoms. The van der Waals surface area contributed by atoms with Gasteiger partial charge in [0.2, 0.25) is 5.91 Å². The van der Waals surface area contributed by atoms with E-state index in [1.54, 1.807) is 18.2 Å². The van der Waals surface area contributed by atoms with Crippen LogP contribution in [-0.2, 0) is 4.79 Å². The molecular weight excluding hydrogens is 340 g/mol. The van der Waals surface area contributed by atoms with Crippen molar-refractivity contribution in [2.75, 3.05) is 13.1 Å². The Morgan fingerprint density at radius 1 is 1.30 bits per heavy atom. The van der Waals surface area contributed by atoms with E-state index in [9.17, 15) is 14.7 Å². The fraction of sp³-hybridized carbons (Fsp3) is 0.545. The van der Waals surface area contributed by atoms with Crippen LogP contribution in [-0.4, -0.2) is 41.0 Å². The third-order valence-corrected chi connectivity index (χ3v) is 5.19. The van der Waals surface area contributed by atoms with E-state index in [1.807, 2.05) is 0 Å². The summed E-state index contributed by atoms with van der Waals surface area (Å²) < 4.78 is 0. The average Bonchev–Trinajstić information content (AvgIpc) is 2.68. The van der Waals surface area contributed by atoms with Crippen molar-refractivity contribution in [1.29, 1.82) is 0 Å². The molecule has 1 aliphatic rings. The lowest BCUT2D eigenvalue weighted by molar-refractivity contribution is -0.127. The average molecular weight is 370 g/mol. The highest BCUT2D eigenvalue weighted by molar-refractivity contribution is 5.99. The minimum atomic E-state index is -0.606. The molecule has 0 aromatic heterocycles. The number of hydrogen-bond donors (Lipinski definition) is 2. The molecule has 2 amide bonds. The largest absolute Gasteiger partial charge is 0.507 e. The number of hydrogen-bond acceptors (Lipinski definition) is 3. The Labute approximate surface area is 162 Å². The van der Waals surface area contributed by atoms with E-state index in [1.165, 1.54) is 11.0 Å². The Morgan fingerprint density at radius 3 is 2.63 bits per heavy atom. The van der Waals surface area contributed by atoms with E-state index < -0.39 is 11.9 Å². The summed E-state index contributed by atoms with van der Waals surface area (Å²) in [5, 5.41) is 13.1. The zero-order chi connectivity index (χ0) is 19.6. The zero-order valence-corrected chi connectivity index (χ0v) is 16.1. The maximum absolute atomic E-state index is 13.2. The van der Waals surface area contributed by atoms with Crippen molar-refractivity contribution < 1.29 is 14.7 Å². The molecular formula is C22H30N2O3. The van der Waals surface area contributed by atoms with Gasteiger partial charge in [-0.25, -0.2) is 0 Å². The van der Waals surface area contributed by atoms with Gasteiger partial charge in [-0.15, -0.1) is 6.42 Å². The highest BCUT2D eigenvalue weighted by atomic mass is 16.3. The Kier molecular flexibility index (Phi) is 8.19. The van der Waals surface area contributed by atoms with Gasteiger partial charge in [0, 0.05) is 6.54 Å². The number of carbonyl (C=O) groups excluding carboxylic acids is 2. The molecule has 5 nitrogen and oxygen atoms in total. The first kappa shape index (κ1) is 20.8. The van der Waals surface area contributed by atoms with Gasteiger partial charge in [0.25, 0.3) is 5.91 Å². The van der Waals surface area contributed by atoms with Crippen molar-refractivity contribution in [2.45, 2.75) is 57.9 Å². The van der Waals surface area contributed by atoms with Crippen LogP contribution in [0, 0.1) is 18.3 Å². The molecule has 27 heavy (non-hydrogen) atoms. The maximum atomic E-state index is 13.2. The highest BCUT2D eigenvalue weighted by Gasteiger charge is 2.37. The Balaban J connectivity index is 2.32. The fourth-order valence-corrected chi connectivity index (χ4v) is 3.76. The molecule has 1 atom stereocenters. The first-order valence-corrected chi connectivity index (χ1v) is 9.90. The van der Waals surface area contributed by atoms with Gasteiger partial charge in [0.05, 0.1) is 12.1 Å². The highest BCUT2D eigenvalue weighted by Crippen LogP contribution is 2.31. The SMILES string of the molecule is C#CCN(C(=O)c1ccccc1O)C(C(=O)NCCCC)C1CCCCC1. The molecule has 1 aromatic rings. The lowest BCUT2D eigenvalue weighted by Gasteiger charge is -2.37. The number of amides is 2. The standard InChI is InChI=1S/C22H30N2O3/c1-3-5-15-23-21(26)20(17-11-7-6-8-12-17)24(16-4-2)22(27)18-13-9-10-14-19(18)25/h2,9-10,13-14,17,20,25H,3,5-8,11-12,15-16H2,1H3,(H,23,26). The summed E-state index contributed by atoms with van der Waals surface area (Å²) >= 11 is 0. The third-order valence-electron chi connectivity index (χ3n) is 5.19. The van der Waals surface area contributed by atoms with Crippen molar-refractivity contribution in [1.82, 2.24) is 10.2 Å². The van der Waals surface area contributed by atoms with E-state index in [0.29, 0.717) is 6.54 Å². The van der Waals surface area contributed by atoms with Crippen molar-refractivity contribution in [3.8, 4) is 18.1 Å². The summed E-state index contributed by atoms with van der Waals surface area (Å²) in [5.41, 5.74) is 0.176. The molecule has 1 saturated carbocycles. The minimum absolute atomic E-state index is 0.0372. The van der Waals surface area contributed by atoms with Crippen LogP contribution >= 0.6 is 0 Å². The number of unbranched alkanes of at least 4 members (excludes halogenated alkanes) is 1. The first-order chi connectivity index (χ1) is 13.1. The second-order valence-corrected chi connectivity index (χ2v) is 7.14. The summed E-state index contributed by atoms with van der Waals surface area (Å²) in [6, 6.07) is 5.78. The van der Waals surface area contributed by atoms with Gasteiger partial charge in [0.15, 0.2) is 0 Å². The zero-order valence-electron chi connectivity index (χ0n) is 16.1. The third kappa shape index (κ3) is 5.50. The molecule has 1 aromatic carbocycles. The van der Waals surface area contributed by atoms with Crippen molar-refractivity contribution in [3.05, 3.63) is 29.8 Å². The normalized spacial score (nSPS) is 15.6. The van der Waals surface area contributed by atoms with Crippen LogP contribution in [0.15, 0.2) is 24.3 Å². The molecule has 2 rings (SSSR count). The van der Waals surface area contributed by atoms with Crippen LogP contribution in [0.5, 0.6) is 5.75 Å². The first-order valence-electron chi connectivity index (χ1n) is 9.90. The van der Waals surface area contributed by atoms with Gasteiger partial charge in [-0.3, -0.25) is 9.59 Å². The van der Waals surface area contributed by atoms with Gasteiger partial charge in [-0.05, 0) is 37.3 Å². The van der Waals surface area contributed by atoms with E-state index in [-0.39, 0.29) is 29.7 Å². The number of rotatable bonds is 8. The Bertz CT molecular complexity index is 674. The van der Waals surface area contributed by atoms with Gasteiger partial charge in [-0.2, -0.15) is 0 Å². The molecule has 0 aliphatic heterocycles. The van der Waals surface area contributed by atoms with Gasteiger partial charge in [-0.1, -0.05) is 50.7 Å². The van der Waals surface area contributed by atoms with Crippen molar-refractivity contribution >= 4 is 11.8 Å². The molecule has 0 heterocycles. The summed E-state index contributed by atoms with van der Waals surface area (Å²) in [6.45, 7) is 2.69. The molecule has 5 heteroatoms. The summed E-state index contributed by atoms with van der Waals surface area (Å²) in [6.07, 6.45) is 12.5. The van der Waals surface area contributed by atoms with Crippen LogP contribution in [0.3, 0.4) is 0 Å². The number of benzene rings is 1. The van der Waals surface area contributed by atoms with Crippen LogP contribution in [0.4, 0.5) is 0 Å². The predicted molar refractivity (Wildman–Crippen MR) is 106 cm³/mol. The smallest absolute Gasteiger partial charge is 0.259 e. The number of phenols is 1. The number of carbonyl (C=O) groups is 2. The number of phenolic OH excluding ortho intramolecular Hbond substituents is 1. The fourth-order valence-electron chi connectivity index (χ4n) is 3.76. The molecule has 1 unspecified atom stereocenters. The summed E-state index contributed by atoms with van der Waals surface area (Å²) in [5.74, 6) is 1.97. The van der Waals surface area contributed by atoms with E-state index >= 15 is 0 Å². The molecule has 146 valence electrons. The molecule has 1 fully saturated rings. The van der Waals surface area contributed by atoms with E-state index in [0.717, 1.165) is 44.9 Å². The van der Waals surface area contributed by atoms with Crippen molar-refractivity contribution in [2.24, 2.45) is 5.92 Å². The van der Waals surface area contributed by atoms with Crippen molar-refractivity contribution in [3.63, 3.8) is 0 Å². The maximum Gasteiger partial charge on any atom is 0.259 e. The predicted octanol–water partition coefficient (Wildman–Crippen LogP) is 3.33. The number of para-hydroxylation sites is 1. The summed E-state index contributed by atoms with van der Waals surface area (Å²) in [4.78, 5) is 27.6. The number of nitrogens with zero attached hydrogens (tertiary/aromatic N) is 1.